The summed E-state index contributed by atoms with van der Waals surface area (Å²) in [5.41, 5.74) is 4.34. The number of fused-ring (bicyclic) bond motifs is 1. The molecule has 1 aromatic heterocycles. The van der Waals surface area contributed by atoms with Crippen molar-refractivity contribution < 1.29 is 13.2 Å². The molecule has 5 rings (SSSR count). The summed E-state index contributed by atoms with van der Waals surface area (Å²) in [4.78, 5) is 9.83. The molecule has 174 valence electrons. The summed E-state index contributed by atoms with van der Waals surface area (Å²) in [6, 6.07) is 29.5. The van der Waals surface area contributed by atoms with Crippen molar-refractivity contribution >= 4 is 26.6 Å². The first kappa shape index (κ1) is 22.6. The lowest BCUT2D eigenvalue weighted by atomic mass is 10.1. The van der Waals surface area contributed by atoms with Gasteiger partial charge in [-0.05, 0) is 37.3 Å². The minimum absolute atomic E-state index is 0.168. The van der Waals surface area contributed by atoms with Gasteiger partial charge in [0.25, 0.3) is 10.0 Å². The highest BCUT2D eigenvalue weighted by molar-refractivity contribution is 7.92. The van der Waals surface area contributed by atoms with Crippen molar-refractivity contribution in [1.29, 1.82) is 0 Å². The summed E-state index contributed by atoms with van der Waals surface area (Å²) < 4.78 is 34.5. The van der Waals surface area contributed by atoms with E-state index in [0.29, 0.717) is 22.8 Å². The van der Waals surface area contributed by atoms with Crippen molar-refractivity contribution in [2.75, 3.05) is 11.8 Å². The first-order valence-electron chi connectivity index (χ1n) is 11.0. The van der Waals surface area contributed by atoms with Gasteiger partial charge in [-0.2, -0.15) is 0 Å². The molecule has 7 heteroatoms. The predicted octanol–water partition coefficient (Wildman–Crippen LogP) is 6.08. The Bertz CT molecular complexity index is 1620. The van der Waals surface area contributed by atoms with Crippen molar-refractivity contribution in [2.24, 2.45) is 0 Å². The fourth-order valence-electron chi connectivity index (χ4n) is 3.86. The fourth-order valence-corrected chi connectivity index (χ4v) is 4.93. The van der Waals surface area contributed by atoms with E-state index in [0.717, 1.165) is 27.7 Å². The number of hydrogen-bond donors (Lipinski definition) is 1. The van der Waals surface area contributed by atoms with Crippen LogP contribution < -0.4 is 9.46 Å². The highest BCUT2D eigenvalue weighted by Crippen LogP contribution is 2.34. The van der Waals surface area contributed by atoms with E-state index < -0.39 is 10.0 Å². The molecule has 35 heavy (non-hydrogen) atoms. The van der Waals surface area contributed by atoms with Crippen molar-refractivity contribution in [1.82, 2.24) is 9.97 Å². The van der Waals surface area contributed by atoms with Gasteiger partial charge in [-0.3, -0.25) is 4.72 Å². The number of ether oxygens (including phenoxy) is 1. The zero-order valence-corrected chi connectivity index (χ0v) is 20.1. The van der Waals surface area contributed by atoms with E-state index in [1.165, 1.54) is 7.11 Å². The Balaban J connectivity index is 1.68. The number of benzene rings is 4. The maximum Gasteiger partial charge on any atom is 0.261 e. The van der Waals surface area contributed by atoms with E-state index in [2.05, 4.69) is 4.72 Å². The lowest BCUT2D eigenvalue weighted by Crippen LogP contribution is -2.14. The zero-order chi connectivity index (χ0) is 24.4. The van der Waals surface area contributed by atoms with Crippen molar-refractivity contribution in [3.8, 4) is 28.4 Å². The van der Waals surface area contributed by atoms with Crippen LogP contribution in [0.4, 0.5) is 5.69 Å². The molecule has 0 atom stereocenters. The van der Waals surface area contributed by atoms with Crippen LogP contribution in [0, 0.1) is 6.92 Å². The van der Waals surface area contributed by atoms with Gasteiger partial charge in [0, 0.05) is 22.6 Å². The molecule has 0 saturated carbocycles. The van der Waals surface area contributed by atoms with E-state index in [9.17, 15) is 8.42 Å². The first-order valence-corrected chi connectivity index (χ1v) is 12.5. The molecule has 4 aromatic carbocycles. The van der Waals surface area contributed by atoms with Gasteiger partial charge in [0.05, 0.1) is 28.9 Å². The molecular formula is C28H23N3O3S. The number of hydrogen-bond acceptors (Lipinski definition) is 5. The number of nitrogens with zero attached hydrogens (tertiary/aromatic N) is 2. The highest BCUT2D eigenvalue weighted by atomic mass is 32.2. The van der Waals surface area contributed by atoms with Gasteiger partial charge in [-0.1, -0.05) is 66.2 Å². The normalized spacial score (nSPS) is 11.4. The van der Waals surface area contributed by atoms with E-state index in [1.54, 1.807) is 42.5 Å². The molecule has 1 N–H and O–H groups in total. The molecule has 0 aliphatic rings. The number of para-hydroxylation sites is 1. The Morgan fingerprint density at radius 3 is 2.26 bits per heavy atom. The third-order valence-corrected chi connectivity index (χ3v) is 7.08. The number of methoxy groups -OCH3 is 1. The van der Waals surface area contributed by atoms with Crippen molar-refractivity contribution in [3.63, 3.8) is 0 Å². The van der Waals surface area contributed by atoms with Gasteiger partial charge in [0.15, 0.2) is 5.82 Å². The van der Waals surface area contributed by atoms with Crippen LogP contribution in [0.15, 0.2) is 102 Å². The molecule has 0 amide bonds. The molecule has 0 bridgehead atoms. The van der Waals surface area contributed by atoms with Crippen LogP contribution in [-0.2, 0) is 10.0 Å². The number of anilines is 1. The van der Waals surface area contributed by atoms with Gasteiger partial charge in [-0.25, -0.2) is 18.4 Å². The number of aromatic nitrogens is 2. The second-order valence-corrected chi connectivity index (χ2v) is 9.79. The quantitative estimate of drug-likeness (QED) is 0.318. The predicted molar refractivity (Wildman–Crippen MR) is 139 cm³/mol. The summed E-state index contributed by atoms with van der Waals surface area (Å²) in [6.07, 6.45) is 0. The number of rotatable bonds is 6. The second kappa shape index (κ2) is 9.19. The maximum atomic E-state index is 13.2. The smallest absolute Gasteiger partial charge is 0.261 e. The molecule has 0 unspecified atom stereocenters. The Kier molecular flexibility index (Phi) is 5.93. The van der Waals surface area contributed by atoms with Crippen LogP contribution in [-0.4, -0.2) is 25.5 Å². The van der Waals surface area contributed by atoms with Crippen LogP contribution in [0.5, 0.6) is 5.75 Å². The van der Waals surface area contributed by atoms with Crippen LogP contribution in [0.1, 0.15) is 5.56 Å². The van der Waals surface area contributed by atoms with Gasteiger partial charge < -0.3 is 4.74 Å². The summed E-state index contributed by atoms with van der Waals surface area (Å²) in [6.45, 7) is 1.91. The lowest BCUT2D eigenvalue weighted by molar-refractivity contribution is 0.415. The van der Waals surface area contributed by atoms with Crippen LogP contribution in [0.2, 0.25) is 0 Å². The minimum Gasteiger partial charge on any atom is -0.497 e. The standard InChI is InChI=1S/C28H23N3O3S/c1-19-12-15-22(16-13-19)35(32,33)31-26-18-21(34-2)14-17-24(26)28-29-25-11-7-6-10-23(25)27(30-28)20-8-4-3-5-9-20/h3-18,31H,1-2H3. The molecule has 0 radical (unpaired) electrons. The Morgan fingerprint density at radius 1 is 0.800 bits per heavy atom. The maximum absolute atomic E-state index is 13.2. The van der Waals surface area contributed by atoms with E-state index in [1.807, 2.05) is 61.5 Å². The monoisotopic (exact) mass is 481 g/mol. The molecule has 0 spiro atoms. The summed E-state index contributed by atoms with van der Waals surface area (Å²) >= 11 is 0. The molecule has 0 saturated heterocycles. The third kappa shape index (κ3) is 4.58. The number of aryl methyl sites for hydroxylation is 1. The van der Waals surface area contributed by atoms with E-state index in [4.69, 9.17) is 14.7 Å². The van der Waals surface area contributed by atoms with Crippen LogP contribution in [0.3, 0.4) is 0 Å². The minimum atomic E-state index is -3.85. The number of sulfonamides is 1. The van der Waals surface area contributed by atoms with E-state index >= 15 is 0 Å². The summed E-state index contributed by atoms with van der Waals surface area (Å²) in [7, 11) is -2.32. The van der Waals surface area contributed by atoms with Crippen molar-refractivity contribution in [3.05, 3.63) is 103 Å². The topological polar surface area (TPSA) is 81.2 Å². The lowest BCUT2D eigenvalue weighted by Gasteiger charge is -2.15. The third-order valence-electron chi connectivity index (χ3n) is 5.69. The molecule has 6 nitrogen and oxygen atoms in total. The highest BCUT2D eigenvalue weighted by Gasteiger charge is 2.20. The molecule has 0 aliphatic heterocycles. The van der Waals surface area contributed by atoms with Gasteiger partial charge in [0.2, 0.25) is 0 Å². The van der Waals surface area contributed by atoms with Crippen LogP contribution in [0.25, 0.3) is 33.5 Å². The molecule has 0 fully saturated rings. The average molecular weight is 482 g/mol. The van der Waals surface area contributed by atoms with Crippen molar-refractivity contribution in [2.45, 2.75) is 11.8 Å². The number of nitrogens with one attached hydrogen (secondary N) is 1. The van der Waals surface area contributed by atoms with Gasteiger partial charge in [-0.15, -0.1) is 0 Å². The van der Waals surface area contributed by atoms with Gasteiger partial charge in [0.1, 0.15) is 5.75 Å². The van der Waals surface area contributed by atoms with Crippen LogP contribution >= 0.6 is 0 Å². The SMILES string of the molecule is COc1ccc(-c2nc(-c3ccccc3)c3ccccc3n2)c(NS(=O)(=O)c2ccc(C)cc2)c1. The van der Waals surface area contributed by atoms with E-state index in [-0.39, 0.29) is 4.90 Å². The Labute approximate surface area is 204 Å². The summed E-state index contributed by atoms with van der Waals surface area (Å²) in [5.74, 6) is 0.922. The Morgan fingerprint density at radius 2 is 1.51 bits per heavy atom. The fraction of sp³-hybridized carbons (Fsp3) is 0.0714. The van der Waals surface area contributed by atoms with Gasteiger partial charge >= 0.3 is 0 Å². The zero-order valence-electron chi connectivity index (χ0n) is 19.3. The molecule has 0 aliphatic carbocycles. The summed E-state index contributed by atoms with van der Waals surface area (Å²) in [5, 5.41) is 0.915. The second-order valence-electron chi connectivity index (χ2n) is 8.11. The molecule has 1 heterocycles. The largest absolute Gasteiger partial charge is 0.497 e. The average Bonchev–Trinajstić information content (AvgIpc) is 2.88. The Hall–Kier alpha value is -4.23. The molecule has 5 aromatic rings. The first-order chi connectivity index (χ1) is 16.9. The molecular weight excluding hydrogens is 458 g/mol.